The Balaban J connectivity index is 1.28. The van der Waals surface area contributed by atoms with Crippen LogP contribution in [0.25, 0.3) is 27.7 Å². The average molecular weight is 606 g/mol. The van der Waals surface area contributed by atoms with Crippen molar-refractivity contribution in [3.8, 4) is 11.1 Å². The van der Waals surface area contributed by atoms with E-state index in [1.165, 1.54) is 28.9 Å². The summed E-state index contributed by atoms with van der Waals surface area (Å²) in [5.74, 6) is -1.16. The Hall–Kier alpha value is -4.59. The third-order valence-corrected chi connectivity index (χ3v) is 7.06. The number of benzene rings is 1. The molecule has 1 aliphatic heterocycles. The molecule has 1 N–H and O–H groups in total. The monoisotopic (exact) mass is 605 g/mol. The molecule has 0 aliphatic carbocycles. The molecule has 2 atom stereocenters. The first-order valence-corrected chi connectivity index (χ1v) is 13.1. The number of anilines is 1. The number of carbonyl (C=O) groups excluding carboxylic acids is 3. The standard InChI is InChI=1S/C26H21BrFN9O3/c1-14(38)25-18-6-15(16-8-30-23-4-5-31-37(23)11-16)2-3-19(18)36(34-25)13-24(39)35-12-17(28)7-20(35)26(40)33-22-10-29-9-21(27)32-22/h2-6,8-11,17,20H,7,12-13H2,1H3,(H,32,33,40)/t17-,20+/m1/s1. The topological polar surface area (TPSA) is 140 Å². The molecule has 0 radical (unpaired) electrons. The molecular weight excluding hydrogens is 585 g/mol. The van der Waals surface area contributed by atoms with E-state index in [-0.39, 0.29) is 36.8 Å². The zero-order chi connectivity index (χ0) is 28.0. The first-order chi connectivity index (χ1) is 19.3. The van der Waals surface area contributed by atoms with Gasteiger partial charge in [0, 0.05) is 42.8 Å². The minimum Gasteiger partial charge on any atom is -0.326 e. The molecule has 1 saturated heterocycles. The Kier molecular flexibility index (Phi) is 6.54. The van der Waals surface area contributed by atoms with E-state index >= 15 is 0 Å². The van der Waals surface area contributed by atoms with Crippen LogP contribution in [0, 0.1) is 0 Å². The molecule has 202 valence electrons. The van der Waals surface area contributed by atoms with E-state index in [9.17, 15) is 18.8 Å². The number of amides is 2. The summed E-state index contributed by atoms with van der Waals surface area (Å²) >= 11 is 3.18. The quantitative estimate of drug-likeness (QED) is 0.291. The highest BCUT2D eigenvalue weighted by atomic mass is 79.9. The number of Topliss-reactive ketones (excluding diaryl/α,β-unsaturated/α-hetero) is 1. The lowest BCUT2D eigenvalue weighted by atomic mass is 10.0. The highest BCUT2D eigenvalue weighted by Crippen LogP contribution is 2.28. The van der Waals surface area contributed by atoms with E-state index in [1.807, 2.05) is 18.3 Å². The van der Waals surface area contributed by atoms with Crippen LogP contribution in [0.1, 0.15) is 23.8 Å². The zero-order valence-electron chi connectivity index (χ0n) is 21.0. The summed E-state index contributed by atoms with van der Waals surface area (Å²) < 4.78 is 17.9. The second-order valence-corrected chi connectivity index (χ2v) is 10.2. The fraction of sp³-hybridized carbons (Fsp3) is 0.231. The summed E-state index contributed by atoms with van der Waals surface area (Å²) in [7, 11) is 0. The second kappa shape index (κ2) is 10.2. The highest BCUT2D eigenvalue weighted by Gasteiger charge is 2.40. The van der Waals surface area contributed by atoms with Gasteiger partial charge in [0.2, 0.25) is 11.8 Å². The van der Waals surface area contributed by atoms with Crippen LogP contribution < -0.4 is 5.32 Å². The van der Waals surface area contributed by atoms with Crippen LogP contribution in [0.5, 0.6) is 0 Å². The van der Waals surface area contributed by atoms with Crippen molar-refractivity contribution in [2.75, 3.05) is 11.9 Å². The van der Waals surface area contributed by atoms with Gasteiger partial charge in [0.05, 0.1) is 30.7 Å². The summed E-state index contributed by atoms with van der Waals surface area (Å²) in [5, 5.41) is 11.8. The molecule has 4 aromatic heterocycles. The van der Waals surface area contributed by atoms with Gasteiger partial charge < -0.3 is 10.2 Å². The average Bonchev–Trinajstić information content (AvgIpc) is 3.65. The Morgan fingerprint density at radius 3 is 2.80 bits per heavy atom. The molecule has 1 aliphatic rings. The molecule has 40 heavy (non-hydrogen) atoms. The largest absolute Gasteiger partial charge is 0.326 e. The Bertz CT molecular complexity index is 1800. The Labute approximate surface area is 234 Å². The van der Waals surface area contributed by atoms with Crippen LogP contribution in [0.15, 0.2) is 59.9 Å². The van der Waals surface area contributed by atoms with Gasteiger partial charge in [-0.15, -0.1) is 0 Å². The van der Waals surface area contributed by atoms with Gasteiger partial charge in [-0.1, -0.05) is 6.07 Å². The molecule has 12 nitrogen and oxygen atoms in total. The predicted molar refractivity (Wildman–Crippen MR) is 145 cm³/mol. The second-order valence-electron chi connectivity index (χ2n) is 9.38. The summed E-state index contributed by atoms with van der Waals surface area (Å²) in [6.45, 7) is 0.890. The number of ketones is 1. The van der Waals surface area contributed by atoms with Crippen LogP contribution in [0.4, 0.5) is 10.2 Å². The number of likely N-dealkylation sites (tertiary alicyclic amines) is 1. The van der Waals surface area contributed by atoms with Crippen LogP contribution in [-0.2, 0) is 16.1 Å². The van der Waals surface area contributed by atoms with E-state index in [4.69, 9.17) is 0 Å². The normalized spacial score (nSPS) is 17.0. The molecule has 1 fully saturated rings. The molecular formula is C26H21BrFN9O3. The molecule has 0 bridgehead atoms. The predicted octanol–water partition coefficient (Wildman–Crippen LogP) is 3.08. The Morgan fingerprint density at radius 1 is 1.15 bits per heavy atom. The summed E-state index contributed by atoms with van der Waals surface area (Å²) in [4.78, 5) is 52.4. The smallest absolute Gasteiger partial charge is 0.248 e. The number of nitrogens with zero attached hydrogens (tertiary/aromatic N) is 8. The van der Waals surface area contributed by atoms with Gasteiger partial charge in [-0.2, -0.15) is 10.2 Å². The fourth-order valence-electron chi connectivity index (χ4n) is 4.84. The van der Waals surface area contributed by atoms with Crippen molar-refractivity contribution in [2.24, 2.45) is 0 Å². The molecule has 14 heteroatoms. The maximum atomic E-state index is 14.4. The summed E-state index contributed by atoms with van der Waals surface area (Å²) in [6.07, 6.45) is 6.50. The van der Waals surface area contributed by atoms with Crippen LogP contribution >= 0.6 is 15.9 Å². The number of rotatable bonds is 6. The van der Waals surface area contributed by atoms with Crippen LogP contribution in [-0.4, -0.2) is 75.6 Å². The van der Waals surface area contributed by atoms with Crippen molar-refractivity contribution in [1.82, 2.24) is 39.2 Å². The van der Waals surface area contributed by atoms with Crippen molar-refractivity contribution in [2.45, 2.75) is 32.1 Å². The van der Waals surface area contributed by atoms with Gasteiger partial charge >= 0.3 is 0 Å². The Morgan fingerprint density at radius 2 is 2.00 bits per heavy atom. The van der Waals surface area contributed by atoms with Gasteiger partial charge in [0.15, 0.2) is 17.2 Å². The van der Waals surface area contributed by atoms with E-state index in [0.29, 0.717) is 21.2 Å². The molecule has 5 aromatic rings. The lowest BCUT2D eigenvalue weighted by molar-refractivity contribution is -0.137. The number of aromatic nitrogens is 7. The number of halogens is 2. The molecule has 1 aromatic carbocycles. The zero-order valence-corrected chi connectivity index (χ0v) is 22.6. The molecule has 0 unspecified atom stereocenters. The molecule has 6 rings (SSSR count). The number of alkyl halides is 1. The van der Waals surface area contributed by atoms with Gasteiger partial charge in [-0.3, -0.25) is 24.0 Å². The van der Waals surface area contributed by atoms with Crippen molar-refractivity contribution >= 4 is 55.9 Å². The number of hydrogen-bond acceptors (Lipinski definition) is 8. The first kappa shape index (κ1) is 25.7. The third kappa shape index (κ3) is 4.81. The maximum Gasteiger partial charge on any atom is 0.248 e. The number of carbonyl (C=O) groups is 3. The van der Waals surface area contributed by atoms with Crippen molar-refractivity contribution in [3.63, 3.8) is 0 Å². The fourth-order valence-corrected chi connectivity index (χ4v) is 5.15. The third-order valence-electron chi connectivity index (χ3n) is 6.68. The maximum absolute atomic E-state index is 14.4. The van der Waals surface area contributed by atoms with Gasteiger partial charge in [-0.25, -0.2) is 18.9 Å². The summed E-state index contributed by atoms with van der Waals surface area (Å²) in [5.41, 5.74) is 3.03. The van der Waals surface area contributed by atoms with Crippen molar-refractivity contribution in [1.29, 1.82) is 0 Å². The molecule has 5 heterocycles. The highest BCUT2D eigenvalue weighted by molar-refractivity contribution is 9.10. The lowest BCUT2D eigenvalue weighted by Gasteiger charge is -2.23. The van der Waals surface area contributed by atoms with Crippen LogP contribution in [0.2, 0.25) is 0 Å². The van der Waals surface area contributed by atoms with Crippen molar-refractivity contribution in [3.05, 3.63) is 65.5 Å². The lowest BCUT2D eigenvalue weighted by Crippen LogP contribution is -2.44. The van der Waals surface area contributed by atoms with E-state index < -0.39 is 24.0 Å². The van der Waals surface area contributed by atoms with E-state index in [2.05, 4.69) is 46.4 Å². The van der Waals surface area contributed by atoms with E-state index in [0.717, 1.165) is 11.1 Å². The van der Waals surface area contributed by atoms with Crippen molar-refractivity contribution < 1.29 is 18.8 Å². The minimum absolute atomic E-state index is 0.143. The van der Waals surface area contributed by atoms with Gasteiger partial charge in [-0.05, 0) is 33.6 Å². The van der Waals surface area contributed by atoms with Crippen LogP contribution in [0.3, 0.4) is 0 Å². The summed E-state index contributed by atoms with van der Waals surface area (Å²) in [6, 6.07) is 6.17. The SMILES string of the molecule is CC(=O)c1nn(CC(=O)N2C[C@H](F)C[C@H]2C(=O)Nc2cncc(Br)n2)c2ccc(-c3cnc4ccnn4c3)cc12. The minimum atomic E-state index is -1.36. The van der Waals surface area contributed by atoms with Gasteiger partial charge in [0.25, 0.3) is 0 Å². The first-order valence-electron chi connectivity index (χ1n) is 12.3. The number of hydrogen-bond donors (Lipinski definition) is 1. The van der Waals surface area contributed by atoms with Gasteiger partial charge in [0.1, 0.15) is 29.1 Å². The molecule has 0 saturated carbocycles. The number of nitrogens with one attached hydrogen (secondary N) is 1. The van der Waals surface area contributed by atoms with E-state index in [1.54, 1.807) is 29.0 Å². The molecule has 0 spiro atoms. The molecule has 2 amide bonds. The number of fused-ring (bicyclic) bond motifs is 2.